The Hall–Kier alpha value is -2.99. The molecule has 1 aromatic heterocycles. The number of hydrogen-bond acceptors (Lipinski definition) is 3. The third kappa shape index (κ3) is 4.28. The van der Waals surface area contributed by atoms with E-state index in [1.54, 1.807) is 12.3 Å². The highest BCUT2D eigenvalue weighted by molar-refractivity contribution is 9.10. The number of carboxylic acids is 1. The summed E-state index contributed by atoms with van der Waals surface area (Å²) in [5.74, 6) is -1.48. The first-order valence-corrected chi connectivity index (χ1v) is 10.4. The molecule has 0 aliphatic heterocycles. The first-order chi connectivity index (χ1) is 14.5. The van der Waals surface area contributed by atoms with Crippen LogP contribution in [0.5, 0.6) is 5.88 Å². The van der Waals surface area contributed by atoms with Gasteiger partial charge in [0.1, 0.15) is 12.4 Å². The van der Waals surface area contributed by atoms with Crippen LogP contribution in [0, 0.1) is 5.82 Å². The van der Waals surface area contributed by atoms with E-state index >= 15 is 0 Å². The second-order valence-corrected chi connectivity index (χ2v) is 8.01. The van der Waals surface area contributed by atoms with Gasteiger partial charge >= 0.3 is 5.97 Å². The van der Waals surface area contributed by atoms with Crippen LogP contribution in [0.25, 0.3) is 11.1 Å². The summed E-state index contributed by atoms with van der Waals surface area (Å²) in [5, 5.41) is 9.28. The molecule has 0 radical (unpaired) electrons. The number of aromatic nitrogens is 1. The number of ether oxygens (including phenoxy) is 1. The molecule has 0 atom stereocenters. The van der Waals surface area contributed by atoms with Crippen LogP contribution in [-0.2, 0) is 6.61 Å². The predicted octanol–water partition coefficient (Wildman–Crippen LogP) is 6.36. The van der Waals surface area contributed by atoms with Crippen LogP contribution in [-0.4, -0.2) is 16.1 Å². The van der Waals surface area contributed by atoms with Gasteiger partial charge in [0, 0.05) is 16.2 Å². The van der Waals surface area contributed by atoms with E-state index in [1.807, 2.05) is 36.4 Å². The number of nitrogens with zero attached hydrogens (tertiary/aromatic N) is 1. The van der Waals surface area contributed by atoms with Crippen molar-refractivity contribution in [2.24, 2.45) is 0 Å². The SMILES string of the molecule is O=C(O)c1cc(C2=C(c3cc(Br)cnc3OCc3ccccc3)CCC2)ccc1F. The van der Waals surface area contributed by atoms with Gasteiger partial charge in [-0.2, -0.15) is 0 Å². The summed E-state index contributed by atoms with van der Waals surface area (Å²) in [7, 11) is 0. The standard InChI is InChI=1S/C24H19BrFNO3/c25-17-12-20(23(27-13-17)30-14-15-5-2-1-3-6-15)19-8-4-7-18(19)16-9-10-22(26)21(11-16)24(28)29/h1-3,5-6,9-13H,4,7-8,14H2,(H,28,29). The average Bonchev–Trinajstić information content (AvgIpc) is 3.23. The van der Waals surface area contributed by atoms with Crippen LogP contribution in [0.1, 0.15) is 46.3 Å². The molecule has 1 heterocycles. The van der Waals surface area contributed by atoms with E-state index in [2.05, 4.69) is 20.9 Å². The molecule has 0 fully saturated rings. The molecule has 1 N–H and O–H groups in total. The summed E-state index contributed by atoms with van der Waals surface area (Å²) in [5.41, 5.74) is 4.36. The van der Waals surface area contributed by atoms with Crippen LogP contribution >= 0.6 is 15.9 Å². The molecule has 0 bridgehead atoms. The molecule has 1 aliphatic carbocycles. The van der Waals surface area contributed by atoms with Crippen molar-refractivity contribution in [3.05, 3.63) is 93.3 Å². The Morgan fingerprint density at radius 2 is 1.87 bits per heavy atom. The van der Waals surface area contributed by atoms with Gasteiger partial charge in [0.2, 0.25) is 5.88 Å². The van der Waals surface area contributed by atoms with E-state index in [9.17, 15) is 14.3 Å². The van der Waals surface area contributed by atoms with Crippen molar-refractivity contribution in [1.82, 2.24) is 4.98 Å². The fourth-order valence-corrected chi connectivity index (χ4v) is 4.05. The van der Waals surface area contributed by atoms with Crippen LogP contribution < -0.4 is 4.74 Å². The summed E-state index contributed by atoms with van der Waals surface area (Å²) < 4.78 is 20.7. The molecule has 30 heavy (non-hydrogen) atoms. The largest absolute Gasteiger partial charge is 0.478 e. The molecule has 3 aromatic rings. The lowest BCUT2D eigenvalue weighted by Gasteiger charge is -2.14. The number of hydrogen-bond donors (Lipinski definition) is 1. The van der Waals surface area contributed by atoms with E-state index in [4.69, 9.17) is 4.74 Å². The highest BCUT2D eigenvalue weighted by Gasteiger charge is 2.23. The number of halogens is 2. The van der Waals surface area contributed by atoms with Crippen molar-refractivity contribution in [3.63, 3.8) is 0 Å². The molecule has 4 nitrogen and oxygen atoms in total. The zero-order valence-corrected chi connectivity index (χ0v) is 17.7. The monoisotopic (exact) mass is 467 g/mol. The van der Waals surface area contributed by atoms with Gasteiger partial charge in [-0.15, -0.1) is 0 Å². The molecule has 0 saturated heterocycles. The average molecular weight is 468 g/mol. The first-order valence-electron chi connectivity index (χ1n) is 9.61. The maximum absolute atomic E-state index is 13.9. The zero-order chi connectivity index (χ0) is 21.1. The molecule has 2 aromatic carbocycles. The normalized spacial score (nSPS) is 13.5. The minimum absolute atomic E-state index is 0.320. The van der Waals surface area contributed by atoms with Gasteiger partial charge in [-0.3, -0.25) is 0 Å². The predicted molar refractivity (Wildman–Crippen MR) is 117 cm³/mol. The van der Waals surface area contributed by atoms with Gasteiger partial charge in [-0.1, -0.05) is 36.4 Å². The topological polar surface area (TPSA) is 59.4 Å². The second-order valence-electron chi connectivity index (χ2n) is 7.09. The molecule has 6 heteroatoms. The van der Waals surface area contributed by atoms with Gasteiger partial charge in [-0.25, -0.2) is 14.2 Å². The van der Waals surface area contributed by atoms with Gasteiger partial charge in [0.25, 0.3) is 0 Å². The van der Waals surface area contributed by atoms with Crippen molar-refractivity contribution in [2.75, 3.05) is 0 Å². The summed E-state index contributed by atoms with van der Waals surface area (Å²) in [6.45, 7) is 0.394. The fourth-order valence-electron chi connectivity index (χ4n) is 3.72. The van der Waals surface area contributed by atoms with Crippen molar-refractivity contribution < 1.29 is 19.0 Å². The van der Waals surface area contributed by atoms with Gasteiger partial charge in [0.15, 0.2) is 0 Å². The van der Waals surface area contributed by atoms with Gasteiger partial charge < -0.3 is 9.84 Å². The molecule has 1 aliphatic rings. The quantitative estimate of drug-likeness (QED) is 0.458. The van der Waals surface area contributed by atoms with E-state index in [1.165, 1.54) is 12.1 Å². The number of aromatic carboxylic acids is 1. The first kappa shape index (κ1) is 20.3. The summed E-state index contributed by atoms with van der Waals surface area (Å²) >= 11 is 3.49. The number of carbonyl (C=O) groups is 1. The molecule has 0 amide bonds. The minimum atomic E-state index is -1.27. The van der Waals surface area contributed by atoms with Crippen molar-refractivity contribution >= 4 is 33.0 Å². The lowest BCUT2D eigenvalue weighted by molar-refractivity contribution is 0.0692. The highest BCUT2D eigenvalue weighted by atomic mass is 79.9. The van der Waals surface area contributed by atoms with E-state index < -0.39 is 11.8 Å². The fraction of sp³-hybridized carbons (Fsp3) is 0.167. The van der Waals surface area contributed by atoms with Crippen molar-refractivity contribution in [2.45, 2.75) is 25.9 Å². The second kappa shape index (κ2) is 8.79. The maximum Gasteiger partial charge on any atom is 0.338 e. The number of pyridine rings is 1. The van der Waals surface area contributed by atoms with E-state index in [-0.39, 0.29) is 5.56 Å². The molecular formula is C24H19BrFNO3. The van der Waals surface area contributed by atoms with Crippen LogP contribution in [0.4, 0.5) is 4.39 Å². The van der Waals surface area contributed by atoms with Crippen LogP contribution in [0.15, 0.2) is 65.3 Å². The Morgan fingerprint density at radius 1 is 1.10 bits per heavy atom. The Bertz CT molecular complexity index is 1130. The number of carboxylic acid groups (broad SMARTS) is 1. The van der Waals surface area contributed by atoms with Gasteiger partial charge in [0.05, 0.1) is 5.56 Å². The summed E-state index contributed by atoms with van der Waals surface area (Å²) in [4.78, 5) is 15.8. The van der Waals surface area contributed by atoms with Crippen molar-refractivity contribution in [1.29, 1.82) is 0 Å². The summed E-state index contributed by atoms with van der Waals surface area (Å²) in [6.07, 6.45) is 4.22. The lowest BCUT2D eigenvalue weighted by atomic mass is 9.96. The van der Waals surface area contributed by atoms with Gasteiger partial charge in [-0.05, 0) is 75.7 Å². The van der Waals surface area contributed by atoms with E-state index in [0.29, 0.717) is 12.5 Å². The number of allylic oxidation sites excluding steroid dienone is 2. The number of benzene rings is 2. The van der Waals surface area contributed by atoms with Crippen LogP contribution in [0.2, 0.25) is 0 Å². The third-order valence-corrected chi connectivity index (χ3v) is 5.56. The Kier molecular flexibility index (Phi) is 5.95. The highest BCUT2D eigenvalue weighted by Crippen LogP contribution is 2.43. The third-order valence-electron chi connectivity index (χ3n) is 5.12. The Labute approximate surface area is 182 Å². The summed E-state index contributed by atoms with van der Waals surface area (Å²) in [6, 6.07) is 16.1. The molecule has 0 spiro atoms. The zero-order valence-electron chi connectivity index (χ0n) is 16.1. The molecule has 0 unspecified atom stereocenters. The Balaban J connectivity index is 1.74. The molecule has 4 rings (SSSR count). The molecule has 152 valence electrons. The lowest BCUT2D eigenvalue weighted by Crippen LogP contribution is -2.02. The van der Waals surface area contributed by atoms with E-state index in [0.717, 1.165) is 51.6 Å². The smallest absolute Gasteiger partial charge is 0.338 e. The molecule has 0 saturated carbocycles. The number of rotatable bonds is 6. The van der Waals surface area contributed by atoms with Crippen molar-refractivity contribution in [3.8, 4) is 5.88 Å². The Morgan fingerprint density at radius 3 is 2.63 bits per heavy atom. The minimum Gasteiger partial charge on any atom is -0.478 e. The molecular weight excluding hydrogens is 449 g/mol. The van der Waals surface area contributed by atoms with Crippen LogP contribution in [0.3, 0.4) is 0 Å². The maximum atomic E-state index is 13.9.